The number of rotatable bonds is 3. The molecule has 9 aromatic rings. The minimum Gasteiger partial charge on any atom is -0.456 e. The Bertz CT molecular complexity index is 3510. The van der Waals surface area contributed by atoms with Gasteiger partial charge in [0, 0.05) is 56.4 Å². The van der Waals surface area contributed by atoms with Crippen molar-refractivity contribution in [3.8, 4) is 22.3 Å². The first-order chi connectivity index (χ1) is 31.9. The Kier molecular flexibility index (Phi) is 8.78. The maximum Gasteiger partial charge on any atom is 0.252 e. The van der Waals surface area contributed by atoms with Gasteiger partial charge in [-0.15, -0.1) is 0 Å². The highest BCUT2D eigenvalue weighted by atomic mass is 16.3. The molecule has 3 aliphatic rings. The molecule has 0 bridgehead atoms. The summed E-state index contributed by atoms with van der Waals surface area (Å²) in [6.07, 6.45) is 0. The largest absolute Gasteiger partial charge is 0.456 e. The minimum absolute atomic E-state index is 0.00523. The van der Waals surface area contributed by atoms with E-state index in [-0.39, 0.29) is 28.4 Å². The fourth-order valence-corrected chi connectivity index (χ4v) is 11.6. The fraction of sp³-hybridized carbons (Fsp3) is 0.238. The zero-order valence-corrected chi connectivity index (χ0v) is 40.9. The van der Waals surface area contributed by atoms with Gasteiger partial charge in [0.2, 0.25) is 0 Å². The van der Waals surface area contributed by atoms with E-state index in [9.17, 15) is 0 Å². The Labute approximate surface area is 397 Å². The number of hydrogen-bond donors (Lipinski definition) is 0. The Balaban J connectivity index is 1.12. The molecule has 1 aliphatic carbocycles. The van der Waals surface area contributed by atoms with E-state index in [1.54, 1.807) is 0 Å². The molecular weight excluding hydrogens is 812 g/mol. The third kappa shape index (κ3) is 6.25. The molecule has 330 valence electrons. The van der Waals surface area contributed by atoms with Gasteiger partial charge >= 0.3 is 0 Å². The molecule has 2 aliphatic heterocycles. The zero-order chi connectivity index (χ0) is 46.5. The predicted molar refractivity (Wildman–Crippen MR) is 287 cm³/mol. The highest BCUT2D eigenvalue weighted by molar-refractivity contribution is 7.00. The van der Waals surface area contributed by atoms with Gasteiger partial charge in [-0.1, -0.05) is 173 Å². The van der Waals surface area contributed by atoms with Crippen LogP contribution in [0.4, 0.5) is 34.1 Å². The Morgan fingerprint density at radius 2 is 0.970 bits per heavy atom. The molecule has 3 heterocycles. The van der Waals surface area contributed by atoms with Crippen LogP contribution in [0.3, 0.4) is 0 Å². The van der Waals surface area contributed by atoms with Crippen LogP contribution in [0.2, 0.25) is 0 Å². The molecule has 8 aromatic carbocycles. The number of nitrogens with zero attached hydrogens (tertiary/aromatic N) is 2. The van der Waals surface area contributed by atoms with Gasteiger partial charge in [-0.2, -0.15) is 0 Å². The SMILES string of the molecule is CC(C)(C)c1ccc2c(c1)B1c3cc(C(C)(C)C)ccc3N(c3ccc4c(c3)oc3ccccc34)c3cc(C(C)(C)C)cc(c31)N2c1ccc(-c2cccc3c2-c2ccccc2C3(C)C)cc1. The summed E-state index contributed by atoms with van der Waals surface area (Å²) in [5, 5.41) is 2.28. The number of benzene rings is 8. The summed E-state index contributed by atoms with van der Waals surface area (Å²) in [7, 11) is 0. The van der Waals surface area contributed by atoms with Crippen molar-refractivity contribution in [1.82, 2.24) is 0 Å². The first-order valence-electron chi connectivity index (χ1n) is 24.2. The minimum atomic E-state index is -0.130. The summed E-state index contributed by atoms with van der Waals surface area (Å²) >= 11 is 0. The van der Waals surface area contributed by atoms with Crippen LogP contribution >= 0.6 is 0 Å². The van der Waals surface area contributed by atoms with Crippen LogP contribution in [0.25, 0.3) is 44.2 Å². The van der Waals surface area contributed by atoms with Gasteiger partial charge in [0.05, 0.1) is 0 Å². The topological polar surface area (TPSA) is 19.6 Å². The molecular formula is C63H59BN2O. The second-order valence-corrected chi connectivity index (χ2v) is 23.1. The van der Waals surface area contributed by atoms with Gasteiger partial charge in [0.25, 0.3) is 6.71 Å². The van der Waals surface area contributed by atoms with Gasteiger partial charge in [0.1, 0.15) is 11.2 Å². The number of hydrogen-bond acceptors (Lipinski definition) is 3. The van der Waals surface area contributed by atoms with Crippen molar-refractivity contribution in [2.24, 2.45) is 0 Å². The highest BCUT2D eigenvalue weighted by Crippen LogP contribution is 2.53. The summed E-state index contributed by atoms with van der Waals surface area (Å²) in [5.41, 5.74) is 24.6. The van der Waals surface area contributed by atoms with Gasteiger partial charge in [-0.05, 0) is 137 Å². The van der Waals surface area contributed by atoms with E-state index in [0.717, 1.165) is 33.3 Å². The van der Waals surface area contributed by atoms with Crippen molar-refractivity contribution in [2.45, 2.75) is 97.8 Å². The van der Waals surface area contributed by atoms with Crippen LogP contribution in [0.1, 0.15) is 104 Å². The summed E-state index contributed by atoms with van der Waals surface area (Å²) in [5.74, 6) is 0. The molecule has 67 heavy (non-hydrogen) atoms. The van der Waals surface area contributed by atoms with Crippen LogP contribution < -0.4 is 26.2 Å². The van der Waals surface area contributed by atoms with Gasteiger partial charge < -0.3 is 14.2 Å². The average Bonchev–Trinajstić information content (AvgIpc) is 3.79. The van der Waals surface area contributed by atoms with Crippen molar-refractivity contribution in [1.29, 1.82) is 0 Å². The third-order valence-corrected chi connectivity index (χ3v) is 15.3. The monoisotopic (exact) mass is 870 g/mol. The second-order valence-electron chi connectivity index (χ2n) is 23.1. The first kappa shape index (κ1) is 41.6. The lowest BCUT2D eigenvalue weighted by Gasteiger charge is -2.45. The number of fused-ring (bicyclic) bond motifs is 10. The van der Waals surface area contributed by atoms with Crippen molar-refractivity contribution in [2.75, 3.05) is 9.80 Å². The summed E-state index contributed by atoms with van der Waals surface area (Å²) in [6, 6.07) is 60.1. The van der Waals surface area contributed by atoms with E-state index in [2.05, 4.69) is 244 Å². The number of furan rings is 1. The molecule has 0 saturated heterocycles. The van der Waals surface area contributed by atoms with E-state index >= 15 is 0 Å². The van der Waals surface area contributed by atoms with Crippen LogP contribution in [-0.4, -0.2) is 6.71 Å². The van der Waals surface area contributed by atoms with E-state index in [1.165, 1.54) is 89.2 Å². The lowest BCUT2D eigenvalue weighted by Crippen LogP contribution is -2.61. The van der Waals surface area contributed by atoms with Crippen LogP contribution in [0.15, 0.2) is 162 Å². The smallest absolute Gasteiger partial charge is 0.252 e. The second kappa shape index (κ2) is 14.1. The molecule has 4 heteroatoms. The first-order valence-corrected chi connectivity index (χ1v) is 24.2. The van der Waals surface area contributed by atoms with E-state index in [0.29, 0.717) is 0 Å². The summed E-state index contributed by atoms with van der Waals surface area (Å²) in [4.78, 5) is 5.11. The van der Waals surface area contributed by atoms with E-state index in [4.69, 9.17) is 4.42 Å². The number of anilines is 6. The van der Waals surface area contributed by atoms with E-state index in [1.807, 2.05) is 0 Å². The maximum atomic E-state index is 6.60. The molecule has 0 spiro atoms. The van der Waals surface area contributed by atoms with Crippen molar-refractivity contribution < 1.29 is 4.42 Å². The Morgan fingerprint density at radius 3 is 1.61 bits per heavy atom. The van der Waals surface area contributed by atoms with Crippen LogP contribution in [-0.2, 0) is 21.7 Å². The molecule has 0 fully saturated rings. The zero-order valence-electron chi connectivity index (χ0n) is 40.9. The fourth-order valence-electron chi connectivity index (χ4n) is 11.6. The highest BCUT2D eigenvalue weighted by Gasteiger charge is 2.45. The molecule has 0 unspecified atom stereocenters. The Morgan fingerprint density at radius 1 is 0.433 bits per heavy atom. The van der Waals surface area contributed by atoms with Crippen molar-refractivity contribution in [3.05, 3.63) is 186 Å². The molecule has 0 amide bonds. The predicted octanol–water partition coefficient (Wildman–Crippen LogP) is 15.5. The molecule has 0 atom stereocenters. The normalized spacial score (nSPS) is 14.8. The lowest BCUT2D eigenvalue weighted by molar-refractivity contribution is 0.590. The van der Waals surface area contributed by atoms with Crippen molar-refractivity contribution in [3.63, 3.8) is 0 Å². The molecule has 0 saturated carbocycles. The van der Waals surface area contributed by atoms with E-state index < -0.39 is 0 Å². The lowest BCUT2D eigenvalue weighted by atomic mass is 9.33. The summed E-state index contributed by atoms with van der Waals surface area (Å²) in [6.45, 7) is 25.8. The quantitative estimate of drug-likeness (QED) is 0.165. The molecule has 1 aromatic heterocycles. The maximum absolute atomic E-state index is 6.60. The van der Waals surface area contributed by atoms with Gasteiger partial charge in [-0.25, -0.2) is 0 Å². The van der Waals surface area contributed by atoms with Crippen LogP contribution in [0, 0.1) is 0 Å². The standard InChI is InChI=1S/C63H59BN2O/c1-60(2,3)39-25-31-52-50(33-39)64-51-34-40(61(4,5)6)26-32-53(51)66(43-29-30-46-45-17-13-15-22-56(45)67-57(46)37-43)55-36-41(62(7,8)9)35-54(59(55)64)65(52)42-27-23-38(24-28-42)44-19-16-21-49-58(44)47-18-12-14-20-48(47)63(49,10)11/h12-37H,1-11H3. The average molecular weight is 871 g/mol. The molecule has 12 rings (SSSR count). The van der Waals surface area contributed by atoms with Crippen molar-refractivity contribution >= 4 is 79.2 Å². The van der Waals surface area contributed by atoms with Gasteiger partial charge in [-0.3, -0.25) is 0 Å². The molecule has 3 nitrogen and oxygen atoms in total. The Hall–Kier alpha value is -6.78. The number of para-hydroxylation sites is 1. The van der Waals surface area contributed by atoms with Gasteiger partial charge in [0.15, 0.2) is 0 Å². The molecule has 0 N–H and O–H groups in total. The summed E-state index contributed by atoms with van der Waals surface area (Å²) < 4.78 is 6.60. The van der Waals surface area contributed by atoms with Crippen LogP contribution in [0.5, 0.6) is 0 Å². The third-order valence-electron chi connectivity index (χ3n) is 15.3. The molecule has 0 radical (unpaired) electrons.